The third-order valence-corrected chi connectivity index (χ3v) is 4.91. The average molecular weight is 401 g/mol. The summed E-state index contributed by atoms with van der Waals surface area (Å²) in [6.07, 6.45) is 0. The maximum atomic E-state index is 6.33. The van der Waals surface area contributed by atoms with Crippen LogP contribution in [-0.2, 0) is 0 Å². The first-order valence-corrected chi connectivity index (χ1v) is 8.19. The van der Waals surface area contributed by atoms with Crippen LogP contribution in [0.4, 0.5) is 0 Å². The topological polar surface area (TPSA) is 28.2 Å². The lowest BCUT2D eigenvalue weighted by Crippen LogP contribution is -2.45. The number of hydrogen-bond donors (Lipinski definition) is 1. The van der Waals surface area contributed by atoms with Crippen molar-refractivity contribution in [3.05, 3.63) is 50.4 Å². The third-order valence-electron chi connectivity index (χ3n) is 3.47. The summed E-state index contributed by atoms with van der Waals surface area (Å²) < 4.78 is 0. The van der Waals surface area contributed by atoms with E-state index in [2.05, 4.69) is 32.7 Å². The van der Waals surface area contributed by atoms with E-state index in [1.807, 2.05) is 12.1 Å². The summed E-state index contributed by atoms with van der Waals surface area (Å²) in [5.74, 6) is 0. The molecule has 3 heterocycles. The van der Waals surface area contributed by atoms with Crippen molar-refractivity contribution in [2.75, 3.05) is 26.2 Å². The van der Waals surface area contributed by atoms with E-state index in [1.54, 1.807) is 11.3 Å². The van der Waals surface area contributed by atoms with Crippen molar-refractivity contribution in [1.29, 1.82) is 0 Å². The molecule has 22 heavy (non-hydrogen) atoms. The van der Waals surface area contributed by atoms with Crippen LogP contribution in [0.5, 0.6) is 0 Å². The van der Waals surface area contributed by atoms with Crippen LogP contribution in [0.2, 0.25) is 10.3 Å². The molecular weight excluding hydrogens is 384 g/mol. The highest BCUT2D eigenvalue weighted by molar-refractivity contribution is 7.10. The fourth-order valence-electron chi connectivity index (χ4n) is 2.54. The van der Waals surface area contributed by atoms with Crippen molar-refractivity contribution >= 4 is 59.4 Å². The Morgan fingerprint density at radius 3 is 2.45 bits per heavy atom. The molecule has 1 atom stereocenters. The van der Waals surface area contributed by atoms with Crippen molar-refractivity contribution in [3.63, 3.8) is 0 Å². The van der Waals surface area contributed by atoms with Crippen molar-refractivity contribution in [3.8, 4) is 0 Å². The minimum absolute atomic E-state index is 0. The summed E-state index contributed by atoms with van der Waals surface area (Å²) in [6, 6.07) is 8.19. The number of nitrogens with one attached hydrogen (secondary N) is 1. The standard InChI is InChI=1S/C14H15Cl2N3S.2ClH/c15-12-4-3-10(14(16)18-12)13(11-2-1-9-20-11)19-7-5-17-6-8-19;;/h1-4,9,13,17H,5-8H2;2*1H/t13-;;/m0../s1. The maximum Gasteiger partial charge on any atom is 0.135 e. The van der Waals surface area contributed by atoms with Gasteiger partial charge in [-0.25, -0.2) is 4.98 Å². The SMILES string of the molecule is Cl.Cl.Clc1ccc([C@@H](c2cccs2)N2CCNCC2)c(Cl)n1. The van der Waals surface area contributed by atoms with Gasteiger partial charge >= 0.3 is 0 Å². The van der Waals surface area contributed by atoms with Crippen LogP contribution in [-0.4, -0.2) is 36.1 Å². The fraction of sp³-hybridized carbons (Fsp3) is 0.357. The Bertz CT molecular complexity index is 573. The van der Waals surface area contributed by atoms with Gasteiger partial charge in [-0.15, -0.1) is 36.2 Å². The maximum absolute atomic E-state index is 6.33. The number of pyridine rings is 1. The first kappa shape index (κ1) is 20.0. The molecule has 1 saturated heterocycles. The number of piperazine rings is 1. The van der Waals surface area contributed by atoms with Crippen molar-refractivity contribution in [1.82, 2.24) is 15.2 Å². The Balaban J connectivity index is 0.00000121. The molecule has 0 saturated carbocycles. The molecule has 2 aromatic heterocycles. The van der Waals surface area contributed by atoms with Crippen LogP contribution in [0.25, 0.3) is 0 Å². The first-order chi connectivity index (χ1) is 9.75. The molecule has 122 valence electrons. The average Bonchev–Trinajstić information content (AvgIpc) is 2.97. The fourth-order valence-corrected chi connectivity index (χ4v) is 3.87. The van der Waals surface area contributed by atoms with Crippen LogP contribution in [0, 0.1) is 0 Å². The van der Waals surface area contributed by atoms with E-state index in [4.69, 9.17) is 23.2 Å². The lowest BCUT2D eigenvalue weighted by molar-refractivity contribution is 0.200. The van der Waals surface area contributed by atoms with Crippen LogP contribution in [0.3, 0.4) is 0 Å². The molecule has 3 rings (SSSR count). The second-order valence-corrected chi connectivity index (χ2v) is 6.44. The van der Waals surface area contributed by atoms with Crippen LogP contribution < -0.4 is 5.32 Å². The van der Waals surface area contributed by atoms with Gasteiger partial charge in [0.15, 0.2) is 0 Å². The lowest BCUT2D eigenvalue weighted by atomic mass is 10.0. The molecule has 0 amide bonds. The summed E-state index contributed by atoms with van der Waals surface area (Å²) in [7, 11) is 0. The van der Waals surface area contributed by atoms with E-state index in [-0.39, 0.29) is 30.9 Å². The van der Waals surface area contributed by atoms with E-state index in [0.29, 0.717) is 10.3 Å². The van der Waals surface area contributed by atoms with Gasteiger partial charge in [0.25, 0.3) is 0 Å². The van der Waals surface area contributed by atoms with Gasteiger partial charge < -0.3 is 5.32 Å². The zero-order valence-electron chi connectivity index (χ0n) is 11.7. The normalized spacial score (nSPS) is 16.5. The van der Waals surface area contributed by atoms with E-state index in [1.165, 1.54) is 4.88 Å². The summed E-state index contributed by atoms with van der Waals surface area (Å²) in [5, 5.41) is 6.41. The Kier molecular flexibility index (Phi) is 8.43. The number of nitrogens with zero attached hydrogens (tertiary/aromatic N) is 2. The Hall–Kier alpha value is -0.0700. The van der Waals surface area contributed by atoms with Gasteiger partial charge in [-0.05, 0) is 17.5 Å². The molecule has 1 aliphatic rings. The number of aromatic nitrogens is 1. The van der Waals surface area contributed by atoms with Gasteiger partial charge in [-0.1, -0.05) is 35.3 Å². The van der Waals surface area contributed by atoms with Gasteiger partial charge in [-0.3, -0.25) is 4.90 Å². The van der Waals surface area contributed by atoms with E-state index >= 15 is 0 Å². The molecule has 2 aromatic rings. The number of rotatable bonds is 3. The Morgan fingerprint density at radius 1 is 1.14 bits per heavy atom. The number of thiophene rings is 1. The largest absolute Gasteiger partial charge is 0.314 e. The molecule has 0 spiro atoms. The van der Waals surface area contributed by atoms with Crippen molar-refractivity contribution in [2.45, 2.75) is 6.04 Å². The van der Waals surface area contributed by atoms with Crippen LogP contribution in [0.1, 0.15) is 16.5 Å². The molecule has 8 heteroatoms. The summed E-state index contributed by atoms with van der Waals surface area (Å²) in [6.45, 7) is 4.00. The van der Waals surface area contributed by atoms with Gasteiger partial charge in [0.05, 0.1) is 6.04 Å². The van der Waals surface area contributed by atoms with Crippen molar-refractivity contribution in [2.24, 2.45) is 0 Å². The van der Waals surface area contributed by atoms with E-state index in [0.717, 1.165) is 31.7 Å². The first-order valence-electron chi connectivity index (χ1n) is 6.56. The molecule has 0 aromatic carbocycles. The highest BCUT2D eigenvalue weighted by Gasteiger charge is 2.26. The van der Waals surface area contributed by atoms with E-state index < -0.39 is 0 Å². The molecule has 0 unspecified atom stereocenters. The van der Waals surface area contributed by atoms with E-state index in [9.17, 15) is 0 Å². The second kappa shape index (κ2) is 9.28. The molecule has 1 aliphatic heterocycles. The third kappa shape index (κ3) is 4.48. The summed E-state index contributed by atoms with van der Waals surface area (Å²) in [5.41, 5.74) is 1.03. The van der Waals surface area contributed by atoms with Gasteiger partial charge in [-0.2, -0.15) is 0 Å². The zero-order valence-corrected chi connectivity index (χ0v) is 15.6. The predicted octanol–water partition coefficient (Wildman–Crippen LogP) is 4.29. The monoisotopic (exact) mass is 399 g/mol. The quantitative estimate of drug-likeness (QED) is 0.779. The Labute approximate surface area is 156 Å². The van der Waals surface area contributed by atoms with Gasteiger partial charge in [0.2, 0.25) is 0 Å². The molecule has 0 aliphatic carbocycles. The highest BCUT2D eigenvalue weighted by Crippen LogP contribution is 2.35. The predicted molar refractivity (Wildman–Crippen MR) is 99.4 cm³/mol. The molecule has 1 fully saturated rings. The summed E-state index contributed by atoms with van der Waals surface area (Å²) in [4.78, 5) is 7.93. The number of halogens is 4. The minimum atomic E-state index is 0. The van der Waals surface area contributed by atoms with Gasteiger partial charge in [0, 0.05) is 36.6 Å². The number of hydrogen-bond acceptors (Lipinski definition) is 4. The molecule has 0 radical (unpaired) electrons. The second-order valence-electron chi connectivity index (χ2n) is 4.72. The zero-order chi connectivity index (χ0) is 13.9. The lowest BCUT2D eigenvalue weighted by Gasteiger charge is -2.34. The molecular formula is C14H17Cl4N3S. The smallest absolute Gasteiger partial charge is 0.135 e. The highest BCUT2D eigenvalue weighted by atomic mass is 35.5. The van der Waals surface area contributed by atoms with Gasteiger partial charge in [0.1, 0.15) is 10.3 Å². The van der Waals surface area contributed by atoms with Crippen molar-refractivity contribution < 1.29 is 0 Å². The Morgan fingerprint density at radius 2 is 1.86 bits per heavy atom. The summed E-state index contributed by atoms with van der Waals surface area (Å²) >= 11 is 14.0. The van der Waals surface area contributed by atoms with Crippen LogP contribution >= 0.6 is 59.4 Å². The molecule has 3 nitrogen and oxygen atoms in total. The minimum Gasteiger partial charge on any atom is -0.314 e. The molecule has 1 N–H and O–H groups in total. The van der Waals surface area contributed by atoms with Crippen LogP contribution in [0.15, 0.2) is 29.6 Å². The molecule has 0 bridgehead atoms.